The zero-order valence-electron chi connectivity index (χ0n) is 13.5. The van der Waals surface area contributed by atoms with Gasteiger partial charge >= 0.3 is 0 Å². The Morgan fingerprint density at radius 1 is 1.12 bits per heavy atom. The van der Waals surface area contributed by atoms with E-state index in [4.69, 9.17) is 28.9 Å². The quantitative estimate of drug-likeness (QED) is 0.808. The van der Waals surface area contributed by atoms with Gasteiger partial charge in [-0.25, -0.2) is 4.98 Å². The van der Waals surface area contributed by atoms with E-state index in [1.807, 2.05) is 26.0 Å². The van der Waals surface area contributed by atoms with E-state index in [1.165, 1.54) is 0 Å². The maximum Gasteiger partial charge on any atom is 0.289 e. The molecule has 0 spiro atoms. The molecule has 0 amide bonds. The van der Waals surface area contributed by atoms with Crippen molar-refractivity contribution in [3.8, 4) is 12.1 Å². The van der Waals surface area contributed by atoms with Crippen molar-refractivity contribution in [2.75, 3.05) is 5.73 Å². The summed E-state index contributed by atoms with van der Waals surface area (Å²) in [6.45, 7) is 3.70. The van der Waals surface area contributed by atoms with Gasteiger partial charge in [-0.1, -0.05) is 29.3 Å². The summed E-state index contributed by atoms with van der Waals surface area (Å²) in [7, 11) is 0. The molecule has 122 valence electrons. The average Bonchev–Trinajstić information content (AvgIpc) is 2.83. The predicted molar refractivity (Wildman–Crippen MR) is 99.4 cm³/mol. The highest BCUT2D eigenvalue weighted by molar-refractivity contribution is 6.42. The van der Waals surface area contributed by atoms with E-state index in [0.717, 1.165) is 27.8 Å². The minimum atomic E-state index is 0.259. The highest BCUT2D eigenvalue weighted by Crippen LogP contribution is 2.43. The van der Waals surface area contributed by atoms with Crippen molar-refractivity contribution in [1.29, 1.82) is 10.5 Å². The van der Waals surface area contributed by atoms with Gasteiger partial charge in [0.1, 0.15) is 23.3 Å². The van der Waals surface area contributed by atoms with Gasteiger partial charge in [0.2, 0.25) is 0 Å². The van der Waals surface area contributed by atoms with Gasteiger partial charge in [-0.2, -0.15) is 10.5 Å². The summed E-state index contributed by atoms with van der Waals surface area (Å²) >= 11 is 12.1. The first kappa shape index (κ1) is 17.0. The lowest BCUT2D eigenvalue weighted by Gasteiger charge is -2.08. The van der Waals surface area contributed by atoms with Crippen LogP contribution in [0.15, 0.2) is 23.8 Å². The van der Waals surface area contributed by atoms with Crippen molar-refractivity contribution in [3.63, 3.8) is 0 Å². The first-order valence-corrected chi connectivity index (χ1v) is 8.19. The fourth-order valence-corrected chi connectivity index (χ4v) is 3.35. The summed E-state index contributed by atoms with van der Waals surface area (Å²) in [6.07, 6.45) is 1.93. The fraction of sp³-hybridized carbons (Fsp3) is 0.105. The van der Waals surface area contributed by atoms with Crippen LogP contribution in [0.3, 0.4) is 0 Å². The zero-order chi connectivity index (χ0) is 18.3. The lowest BCUT2D eigenvalue weighted by molar-refractivity contribution is -0.364. The molecule has 3 rings (SSSR count). The molecule has 0 saturated carbocycles. The van der Waals surface area contributed by atoms with Crippen molar-refractivity contribution in [3.05, 3.63) is 61.8 Å². The van der Waals surface area contributed by atoms with E-state index in [9.17, 15) is 10.5 Å². The van der Waals surface area contributed by atoms with Gasteiger partial charge in [0.15, 0.2) is 5.69 Å². The number of hydrogen-bond donors (Lipinski definition) is 1. The molecule has 0 radical (unpaired) electrons. The number of allylic oxidation sites excluding steroid dienone is 3. The topological polar surface area (TPSA) is 87.7 Å². The summed E-state index contributed by atoms with van der Waals surface area (Å²) in [5, 5.41) is 19.9. The number of nitrogen functional groups attached to an aromatic ring is 1. The summed E-state index contributed by atoms with van der Waals surface area (Å²) in [5.74, 6) is 0.259. The number of rotatable bonds is 1. The molecule has 25 heavy (non-hydrogen) atoms. The maximum atomic E-state index is 9.56. The molecule has 0 aliphatic heterocycles. The van der Waals surface area contributed by atoms with Crippen LogP contribution >= 0.6 is 23.2 Å². The Morgan fingerprint density at radius 2 is 1.84 bits per heavy atom. The molecule has 0 fully saturated rings. The molecule has 6 heteroatoms. The number of nitriles is 2. The third-order valence-electron chi connectivity index (χ3n) is 4.31. The second kappa shape index (κ2) is 6.26. The summed E-state index contributed by atoms with van der Waals surface area (Å²) < 4.78 is 0. The number of anilines is 1. The molecule has 1 aliphatic carbocycles. The second-order valence-electron chi connectivity index (χ2n) is 5.74. The van der Waals surface area contributed by atoms with Gasteiger partial charge in [0.05, 0.1) is 10.0 Å². The Hall–Kier alpha value is -2.79. The van der Waals surface area contributed by atoms with E-state index in [0.29, 0.717) is 26.9 Å². The first-order valence-electron chi connectivity index (χ1n) is 7.43. The van der Waals surface area contributed by atoms with Crippen LogP contribution in [0.25, 0.3) is 17.2 Å². The number of nitrogens with two attached hydrogens (primary N) is 1. The number of hydrogen-bond acceptors (Lipinski definition) is 3. The normalized spacial score (nSPS) is 14.4. The minimum absolute atomic E-state index is 0.259. The molecule has 4 nitrogen and oxygen atoms in total. The van der Waals surface area contributed by atoms with Crippen LogP contribution in [0.4, 0.5) is 5.82 Å². The van der Waals surface area contributed by atoms with Crippen LogP contribution in [0.2, 0.25) is 10.0 Å². The van der Waals surface area contributed by atoms with E-state index in [2.05, 4.69) is 17.1 Å². The lowest BCUT2D eigenvalue weighted by Crippen LogP contribution is -2.20. The second-order valence-corrected chi connectivity index (χ2v) is 6.56. The van der Waals surface area contributed by atoms with Gasteiger partial charge in [-0.05, 0) is 54.3 Å². The Bertz CT molecular complexity index is 1070. The molecule has 1 aromatic carbocycles. The molecule has 1 aromatic heterocycles. The Morgan fingerprint density at radius 3 is 2.44 bits per heavy atom. The number of nitrogens with one attached hydrogen (secondary N) is 1. The number of aromatic nitrogens is 1. The molecule has 0 bridgehead atoms. The third-order valence-corrected chi connectivity index (χ3v) is 5.04. The lowest BCUT2D eigenvalue weighted by atomic mass is 9.95. The molecule has 3 N–H and O–H groups in total. The number of nitrogens with zero attached hydrogens (tertiary/aromatic N) is 2. The third kappa shape index (κ3) is 2.66. The van der Waals surface area contributed by atoms with E-state index in [-0.39, 0.29) is 5.82 Å². The maximum absolute atomic E-state index is 9.56. The van der Waals surface area contributed by atoms with Crippen molar-refractivity contribution >= 4 is 46.2 Å². The van der Waals surface area contributed by atoms with Crippen LogP contribution < -0.4 is 10.7 Å². The highest BCUT2D eigenvalue weighted by Gasteiger charge is 2.32. The van der Waals surface area contributed by atoms with Crippen LogP contribution in [-0.4, -0.2) is 0 Å². The van der Waals surface area contributed by atoms with Gasteiger partial charge in [0, 0.05) is 5.56 Å². The fourth-order valence-electron chi connectivity index (χ4n) is 3.04. The monoisotopic (exact) mass is 367 g/mol. The standard InChI is InChI=1S/C19H12Cl2N4/c1-9-12(5-11-3-4-15(20)16(21)6-11)17-10(2)14(8-23)19(24)25-18(17)13(9)7-22/h3-6H,1-2H3,(H2,24,25)/p+1. The largest absolute Gasteiger partial charge is 0.289 e. The molecule has 1 heterocycles. The van der Waals surface area contributed by atoms with Gasteiger partial charge in [0.25, 0.3) is 5.82 Å². The van der Waals surface area contributed by atoms with Crippen LogP contribution in [0.1, 0.15) is 34.9 Å². The van der Waals surface area contributed by atoms with Gasteiger partial charge in [-0.3, -0.25) is 5.73 Å². The van der Waals surface area contributed by atoms with Crippen LogP contribution in [0.5, 0.6) is 0 Å². The Balaban J connectivity index is 2.32. The van der Waals surface area contributed by atoms with Crippen molar-refractivity contribution < 1.29 is 4.98 Å². The smallest absolute Gasteiger partial charge is 0.286 e. The Labute approximate surface area is 155 Å². The summed E-state index contributed by atoms with van der Waals surface area (Å²) in [4.78, 5) is 3.00. The molecule has 1 aliphatic rings. The van der Waals surface area contributed by atoms with Gasteiger partial charge in [-0.15, -0.1) is 0 Å². The molecular weight excluding hydrogens is 355 g/mol. The highest BCUT2D eigenvalue weighted by atomic mass is 35.5. The molecular formula is C19H13Cl2N4+. The number of pyridine rings is 1. The van der Waals surface area contributed by atoms with Crippen LogP contribution in [-0.2, 0) is 0 Å². The van der Waals surface area contributed by atoms with Crippen molar-refractivity contribution in [2.24, 2.45) is 0 Å². The predicted octanol–water partition coefficient (Wildman–Crippen LogP) is 4.42. The van der Waals surface area contributed by atoms with E-state index >= 15 is 0 Å². The number of fused-ring (bicyclic) bond motifs is 1. The molecule has 2 aromatic rings. The van der Waals surface area contributed by atoms with Crippen molar-refractivity contribution in [1.82, 2.24) is 0 Å². The Kier molecular flexibility index (Phi) is 4.27. The van der Waals surface area contributed by atoms with E-state index < -0.39 is 0 Å². The van der Waals surface area contributed by atoms with Gasteiger partial charge < -0.3 is 0 Å². The SMILES string of the molecule is CC1=C(C#N)c2[nH+]c(N)c(C#N)c(C)c2C1=Cc1ccc(Cl)c(Cl)c1. The summed E-state index contributed by atoms with van der Waals surface area (Å²) in [6, 6.07) is 9.67. The average molecular weight is 368 g/mol. The first-order chi connectivity index (χ1) is 11.9. The molecule has 0 atom stereocenters. The summed E-state index contributed by atoms with van der Waals surface area (Å²) in [5.41, 5.74) is 11.5. The minimum Gasteiger partial charge on any atom is -0.286 e. The zero-order valence-corrected chi connectivity index (χ0v) is 15.0. The number of halogens is 2. The van der Waals surface area contributed by atoms with Crippen LogP contribution in [0, 0.1) is 29.6 Å². The molecule has 0 unspecified atom stereocenters. The number of aromatic amines is 1. The number of H-pyrrole nitrogens is 1. The number of benzene rings is 1. The van der Waals surface area contributed by atoms with Crippen molar-refractivity contribution in [2.45, 2.75) is 13.8 Å². The van der Waals surface area contributed by atoms with E-state index in [1.54, 1.807) is 12.1 Å². The molecule has 0 saturated heterocycles.